The van der Waals surface area contributed by atoms with Gasteiger partial charge in [0.2, 0.25) is 5.91 Å². The standard InChI is InChI=1S/C27H31N3O4S/c1-5-20(26(31)28-15-14-18-12-13-21(33-6-2)22(16-18)34-7-3)30-27(32)24-19-10-8-9-11-23(19)35-25(24)17(4)29-30/h8-13,16,20H,5-7,14-15H2,1-4H3,(H,28,31). The van der Waals surface area contributed by atoms with Crippen LogP contribution in [0.5, 0.6) is 11.5 Å². The summed E-state index contributed by atoms with van der Waals surface area (Å²) in [6, 6.07) is 13.0. The van der Waals surface area contributed by atoms with Crippen molar-refractivity contribution in [3.05, 3.63) is 64.1 Å². The van der Waals surface area contributed by atoms with Gasteiger partial charge in [0.25, 0.3) is 5.56 Å². The van der Waals surface area contributed by atoms with Gasteiger partial charge in [-0.3, -0.25) is 9.59 Å². The molecule has 1 N–H and O–H groups in total. The lowest BCUT2D eigenvalue weighted by atomic mass is 10.1. The highest BCUT2D eigenvalue weighted by atomic mass is 32.1. The number of nitrogens with one attached hydrogen (secondary N) is 1. The molecule has 0 saturated heterocycles. The third kappa shape index (κ3) is 5.03. The van der Waals surface area contributed by atoms with Crippen LogP contribution in [0.25, 0.3) is 20.2 Å². The predicted octanol–water partition coefficient (Wildman–Crippen LogP) is 5.03. The van der Waals surface area contributed by atoms with Gasteiger partial charge in [-0.1, -0.05) is 31.2 Å². The number of aryl methyl sites for hydroxylation is 1. The van der Waals surface area contributed by atoms with Crippen molar-refractivity contribution >= 4 is 37.4 Å². The van der Waals surface area contributed by atoms with Gasteiger partial charge < -0.3 is 14.8 Å². The van der Waals surface area contributed by atoms with Crippen LogP contribution in [0.1, 0.15) is 44.5 Å². The van der Waals surface area contributed by atoms with Crippen LogP contribution >= 0.6 is 11.3 Å². The molecular formula is C27H31N3O4S. The summed E-state index contributed by atoms with van der Waals surface area (Å²) in [5.41, 5.74) is 1.56. The molecule has 4 aromatic rings. The average molecular weight is 494 g/mol. The van der Waals surface area contributed by atoms with Gasteiger partial charge in [0.1, 0.15) is 6.04 Å². The maximum Gasteiger partial charge on any atom is 0.276 e. The Kier molecular flexibility index (Phi) is 7.70. The molecule has 0 radical (unpaired) electrons. The highest BCUT2D eigenvalue weighted by molar-refractivity contribution is 7.26. The van der Waals surface area contributed by atoms with Gasteiger partial charge in [0, 0.05) is 16.6 Å². The Morgan fingerprint density at radius 1 is 1.09 bits per heavy atom. The Balaban J connectivity index is 1.53. The number of fused-ring (bicyclic) bond motifs is 3. The van der Waals surface area contributed by atoms with E-state index in [-0.39, 0.29) is 11.5 Å². The number of rotatable bonds is 10. The van der Waals surface area contributed by atoms with E-state index in [1.54, 1.807) is 11.3 Å². The summed E-state index contributed by atoms with van der Waals surface area (Å²) in [5.74, 6) is 1.20. The van der Waals surface area contributed by atoms with Crippen LogP contribution in [-0.2, 0) is 11.2 Å². The number of hydrogen-bond acceptors (Lipinski definition) is 6. The quantitative estimate of drug-likeness (QED) is 0.335. The van der Waals surface area contributed by atoms with E-state index in [0.29, 0.717) is 49.5 Å². The molecule has 0 aliphatic carbocycles. The molecule has 1 amide bonds. The van der Waals surface area contributed by atoms with Gasteiger partial charge in [-0.05, 0) is 57.4 Å². The highest BCUT2D eigenvalue weighted by Crippen LogP contribution is 2.33. The van der Waals surface area contributed by atoms with Crippen molar-refractivity contribution in [2.75, 3.05) is 19.8 Å². The summed E-state index contributed by atoms with van der Waals surface area (Å²) in [4.78, 5) is 26.6. The number of benzene rings is 2. The van der Waals surface area contributed by atoms with Gasteiger partial charge in [0.15, 0.2) is 11.5 Å². The van der Waals surface area contributed by atoms with Crippen LogP contribution in [0, 0.1) is 6.92 Å². The molecule has 8 heteroatoms. The van der Waals surface area contributed by atoms with Crippen molar-refractivity contribution < 1.29 is 14.3 Å². The Hall–Kier alpha value is -3.39. The second kappa shape index (κ2) is 10.9. The first-order valence-electron chi connectivity index (χ1n) is 12.0. The van der Waals surface area contributed by atoms with Crippen LogP contribution in [0.3, 0.4) is 0 Å². The minimum absolute atomic E-state index is 0.212. The molecular weight excluding hydrogens is 462 g/mol. The summed E-state index contributed by atoms with van der Waals surface area (Å²) >= 11 is 1.56. The van der Waals surface area contributed by atoms with Crippen molar-refractivity contribution in [2.45, 2.75) is 46.6 Å². The number of ether oxygens (including phenoxy) is 2. The molecule has 2 aromatic heterocycles. The van der Waals surface area contributed by atoms with Crippen LogP contribution in [0.4, 0.5) is 0 Å². The lowest BCUT2D eigenvalue weighted by molar-refractivity contribution is -0.124. The number of carbonyl (C=O) groups is 1. The van der Waals surface area contributed by atoms with Crippen LogP contribution in [0.15, 0.2) is 47.3 Å². The second-order valence-corrected chi connectivity index (χ2v) is 9.30. The van der Waals surface area contributed by atoms with Gasteiger partial charge in [0.05, 0.1) is 29.0 Å². The van der Waals surface area contributed by atoms with E-state index >= 15 is 0 Å². The summed E-state index contributed by atoms with van der Waals surface area (Å²) in [6.45, 7) is 9.19. The van der Waals surface area contributed by atoms with E-state index in [2.05, 4.69) is 10.4 Å². The number of aromatic nitrogens is 2. The average Bonchev–Trinajstić information content (AvgIpc) is 3.25. The van der Waals surface area contributed by atoms with Crippen LogP contribution < -0.4 is 20.3 Å². The van der Waals surface area contributed by atoms with Crippen molar-refractivity contribution in [3.63, 3.8) is 0 Å². The van der Waals surface area contributed by atoms with Crippen LogP contribution in [0.2, 0.25) is 0 Å². The fourth-order valence-corrected chi connectivity index (χ4v) is 5.39. The number of carbonyl (C=O) groups excluding carboxylic acids is 1. The zero-order chi connectivity index (χ0) is 24.9. The van der Waals surface area contributed by atoms with E-state index in [9.17, 15) is 9.59 Å². The first-order valence-corrected chi connectivity index (χ1v) is 12.9. The van der Waals surface area contributed by atoms with Gasteiger partial charge in [-0.25, -0.2) is 4.68 Å². The zero-order valence-corrected chi connectivity index (χ0v) is 21.4. The Morgan fingerprint density at radius 3 is 2.57 bits per heavy atom. The van der Waals surface area contributed by atoms with Gasteiger partial charge in [-0.15, -0.1) is 11.3 Å². The second-order valence-electron chi connectivity index (χ2n) is 8.25. The lowest BCUT2D eigenvalue weighted by Gasteiger charge is -2.18. The molecule has 2 heterocycles. The van der Waals surface area contributed by atoms with E-state index in [1.165, 1.54) is 4.68 Å². The fraction of sp³-hybridized carbons (Fsp3) is 0.370. The van der Waals surface area contributed by atoms with E-state index in [4.69, 9.17) is 9.47 Å². The summed E-state index contributed by atoms with van der Waals surface area (Å²) in [7, 11) is 0. The lowest BCUT2D eigenvalue weighted by Crippen LogP contribution is -2.39. The minimum atomic E-state index is -0.677. The Bertz CT molecular complexity index is 1410. The summed E-state index contributed by atoms with van der Waals surface area (Å²) in [6.07, 6.45) is 1.09. The van der Waals surface area contributed by atoms with Gasteiger partial charge in [-0.2, -0.15) is 5.10 Å². The predicted molar refractivity (Wildman–Crippen MR) is 141 cm³/mol. The maximum absolute atomic E-state index is 13.4. The topological polar surface area (TPSA) is 82.5 Å². The molecule has 35 heavy (non-hydrogen) atoms. The van der Waals surface area contributed by atoms with E-state index < -0.39 is 6.04 Å². The Morgan fingerprint density at radius 2 is 1.83 bits per heavy atom. The van der Waals surface area contributed by atoms with Gasteiger partial charge >= 0.3 is 0 Å². The highest BCUT2D eigenvalue weighted by Gasteiger charge is 2.24. The smallest absolute Gasteiger partial charge is 0.276 e. The van der Waals surface area contributed by atoms with Crippen LogP contribution in [-0.4, -0.2) is 35.4 Å². The monoisotopic (exact) mass is 493 g/mol. The van der Waals surface area contributed by atoms with Crippen molar-refractivity contribution in [1.29, 1.82) is 0 Å². The molecule has 1 atom stereocenters. The van der Waals surface area contributed by atoms with Crippen molar-refractivity contribution in [3.8, 4) is 11.5 Å². The minimum Gasteiger partial charge on any atom is -0.490 e. The maximum atomic E-state index is 13.4. The fourth-order valence-electron chi connectivity index (χ4n) is 4.26. The third-order valence-electron chi connectivity index (χ3n) is 5.91. The molecule has 0 aliphatic rings. The molecule has 0 bridgehead atoms. The molecule has 1 unspecified atom stereocenters. The number of hydrogen-bond donors (Lipinski definition) is 1. The largest absolute Gasteiger partial charge is 0.490 e. The van der Waals surface area contributed by atoms with Crippen molar-refractivity contribution in [2.24, 2.45) is 0 Å². The molecule has 0 spiro atoms. The Labute approximate surface area is 208 Å². The normalized spacial score (nSPS) is 12.1. The molecule has 0 fully saturated rings. The molecule has 0 saturated carbocycles. The molecule has 7 nitrogen and oxygen atoms in total. The molecule has 4 rings (SSSR count). The van der Waals surface area contributed by atoms with E-state index in [1.807, 2.05) is 70.2 Å². The first-order chi connectivity index (χ1) is 17.0. The molecule has 184 valence electrons. The molecule has 0 aliphatic heterocycles. The summed E-state index contributed by atoms with van der Waals surface area (Å²) < 4.78 is 14.6. The summed E-state index contributed by atoms with van der Waals surface area (Å²) in [5, 5.41) is 9.08. The number of thiophene rings is 1. The van der Waals surface area contributed by atoms with Crippen molar-refractivity contribution in [1.82, 2.24) is 15.1 Å². The van der Waals surface area contributed by atoms with E-state index in [0.717, 1.165) is 26.0 Å². The molecule has 2 aromatic carbocycles. The third-order valence-corrected chi connectivity index (χ3v) is 7.19. The number of amides is 1. The SMILES string of the molecule is CCOc1ccc(CCNC(=O)C(CC)n2nc(C)c3sc4ccccc4c3c2=O)cc1OCC. The first kappa shape index (κ1) is 24.7. The zero-order valence-electron chi connectivity index (χ0n) is 20.6. The number of nitrogens with zero attached hydrogens (tertiary/aromatic N) is 2.